The van der Waals surface area contributed by atoms with E-state index in [0.29, 0.717) is 18.7 Å². The minimum atomic E-state index is -3.92. The molecule has 0 radical (unpaired) electrons. The predicted molar refractivity (Wildman–Crippen MR) is 58.0 cm³/mol. The summed E-state index contributed by atoms with van der Waals surface area (Å²) in [5.74, 6) is 0.441. The highest BCUT2D eigenvalue weighted by Crippen LogP contribution is 2.29. The van der Waals surface area contributed by atoms with E-state index in [1.807, 2.05) is 0 Å². The van der Waals surface area contributed by atoms with E-state index in [4.69, 9.17) is 10.7 Å². The first-order chi connectivity index (χ1) is 7.52. The zero-order chi connectivity index (χ0) is 11.8. The fourth-order valence-electron chi connectivity index (χ4n) is 1.79. The molecular weight excluding hydrogens is 252 g/mol. The van der Waals surface area contributed by atoms with Crippen molar-refractivity contribution in [2.75, 3.05) is 0 Å². The van der Waals surface area contributed by atoms with Crippen molar-refractivity contribution >= 4 is 26.0 Å². The third-order valence-electron chi connectivity index (χ3n) is 2.83. The lowest BCUT2D eigenvalue weighted by atomic mass is 9.85. The van der Waals surface area contributed by atoms with E-state index in [2.05, 4.69) is 5.10 Å². The van der Waals surface area contributed by atoms with Crippen LogP contribution in [0.1, 0.15) is 29.6 Å². The quantitative estimate of drug-likeness (QED) is 0.608. The first-order valence-electron chi connectivity index (χ1n) is 4.98. The molecule has 1 aliphatic carbocycles. The van der Waals surface area contributed by atoms with Gasteiger partial charge in [-0.3, -0.25) is 9.48 Å². The number of halogens is 1. The Morgan fingerprint density at radius 2 is 2.25 bits per heavy atom. The maximum absolute atomic E-state index is 11.3. The van der Waals surface area contributed by atoms with Crippen LogP contribution in [0.4, 0.5) is 0 Å². The number of hydrogen-bond donors (Lipinski definition) is 0. The monoisotopic (exact) mass is 262 g/mol. The summed E-state index contributed by atoms with van der Waals surface area (Å²) in [5, 5.41) is 3.71. The first-order valence-corrected chi connectivity index (χ1v) is 7.29. The van der Waals surface area contributed by atoms with Crippen LogP contribution in [0.2, 0.25) is 0 Å². The van der Waals surface area contributed by atoms with Gasteiger partial charge in [0.2, 0.25) is 0 Å². The molecule has 0 saturated heterocycles. The van der Waals surface area contributed by atoms with Gasteiger partial charge in [0, 0.05) is 17.2 Å². The second kappa shape index (κ2) is 4.18. The SMILES string of the molecule is O=Cc1cnn(CC2CCC2)c1S(=O)(=O)Cl. The zero-order valence-electron chi connectivity index (χ0n) is 8.47. The third kappa shape index (κ3) is 2.12. The number of nitrogens with zero attached hydrogens (tertiary/aromatic N) is 2. The number of aromatic nitrogens is 2. The third-order valence-corrected chi connectivity index (χ3v) is 4.18. The summed E-state index contributed by atoms with van der Waals surface area (Å²) < 4.78 is 24.0. The average molecular weight is 263 g/mol. The first kappa shape index (κ1) is 11.6. The highest BCUT2D eigenvalue weighted by atomic mass is 35.7. The van der Waals surface area contributed by atoms with Crippen molar-refractivity contribution in [2.24, 2.45) is 5.92 Å². The van der Waals surface area contributed by atoms with Gasteiger partial charge in [-0.15, -0.1) is 0 Å². The molecule has 1 saturated carbocycles. The minimum absolute atomic E-state index is 0.0225. The molecule has 0 aromatic carbocycles. The van der Waals surface area contributed by atoms with Crippen LogP contribution in [0, 0.1) is 5.92 Å². The summed E-state index contributed by atoms with van der Waals surface area (Å²) in [6.45, 7) is 0.509. The van der Waals surface area contributed by atoms with Crippen molar-refractivity contribution in [1.29, 1.82) is 0 Å². The molecular formula is C9H11ClN2O3S. The van der Waals surface area contributed by atoms with Crippen molar-refractivity contribution in [3.63, 3.8) is 0 Å². The van der Waals surface area contributed by atoms with Gasteiger partial charge in [0.05, 0.1) is 11.8 Å². The highest BCUT2D eigenvalue weighted by Gasteiger charge is 2.26. The fourth-order valence-corrected chi connectivity index (χ4v) is 3.05. The van der Waals surface area contributed by atoms with Gasteiger partial charge in [0.1, 0.15) is 0 Å². The maximum atomic E-state index is 11.3. The number of aldehydes is 1. The molecule has 16 heavy (non-hydrogen) atoms. The van der Waals surface area contributed by atoms with E-state index in [9.17, 15) is 13.2 Å². The molecule has 1 aromatic rings. The Morgan fingerprint density at radius 1 is 1.56 bits per heavy atom. The van der Waals surface area contributed by atoms with Crippen molar-refractivity contribution in [3.8, 4) is 0 Å². The van der Waals surface area contributed by atoms with Gasteiger partial charge in [-0.1, -0.05) is 6.42 Å². The summed E-state index contributed by atoms with van der Waals surface area (Å²) in [6, 6.07) is 0. The van der Waals surface area contributed by atoms with E-state index in [1.165, 1.54) is 10.9 Å². The molecule has 0 bridgehead atoms. The molecule has 7 heteroatoms. The van der Waals surface area contributed by atoms with Gasteiger partial charge in [0.15, 0.2) is 11.3 Å². The summed E-state index contributed by atoms with van der Waals surface area (Å²) in [4.78, 5) is 10.7. The lowest BCUT2D eigenvalue weighted by Crippen LogP contribution is -2.20. The lowest BCUT2D eigenvalue weighted by molar-refractivity contribution is 0.111. The van der Waals surface area contributed by atoms with E-state index < -0.39 is 9.05 Å². The zero-order valence-corrected chi connectivity index (χ0v) is 10.0. The Labute approximate surface area is 97.8 Å². The van der Waals surface area contributed by atoms with Crippen LogP contribution in [0.3, 0.4) is 0 Å². The Hall–Kier alpha value is -0.880. The second-order valence-electron chi connectivity index (χ2n) is 3.94. The predicted octanol–water partition coefficient (Wildman–Crippen LogP) is 1.42. The van der Waals surface area contributed by atoms with Gasteiger partial charge in [-0.05, 0) is 18.8 Å². The Morgan fingerprint density at radius 3 is 2.69 bits per heavy atom. The summed E-state index contributed by atoms with van der Waals surface area (Å²) in [5.41, 5.74) is 0.0225. The van der Waals surface area contributed by atoms with Gasteiger partial charge in [-0.2, -0.15) is 5.10 Å². The molecule has 0 unspecified atom stereocenters. The highest BCUT2D eigenvalue weighted by molar-refractivity contribution is 8.13. The molecule has 1 aliphatic rings. The largest absolute Gasteiger partial charge is 0.298 e. The molecule has 0 aliphatic heterocycles. The Bertz CT molecular complexity index is 505. The van der Waals surface area contributed by atoms with Crippen molar-refractivity contribution in [3.05, 3.63) is 11.8 Å². The molecule has 1 heterocycles. The summed E-state index contributed by atoms with van der Waals surface area (Å²) >= 11 is 0. The van der Waals surface area contributed by atoms with Crippen LogP contribution >= 0.6 is 10.7 Å². The second-order valence-corrected chi connectivity index (χ2v) is 6.42. The van der Waals surface area contributed by atoms with E-state index in [0.717, 1.165) is 19.3 Å². The van der Waals surface area contributed by atoms with E-state index >= 15 is 0 Å². The standard InChI is InChI=1S/C9H11ClN2O3S/c10-16(14,15)9-8(6-13)4-11-12(9)5-7-2-1-3-7/h4,6-7H,1-3,5H2. The molecule has 2 rings (SSSR count). The van der Waals surface area contributed by atoms with Crippen LogP contribution in [0.15, 0.2) is 11.2 Å². The van der Waals surface area contributed by atoms with Crippen LogP contribution in [0.25, 0.3) is 0 Å². The Balaban J connectivity index is 2.37. The van der Waals surface area contributed by atoms with Crippen molar-refractivity contribution in [1.82, 2.24) is 9.78 Å². The molecule has 5 nitrogen and oxygen atoms in total. The van der Waals surface area contributed by atoms with Crippen LogP contribution in [-0.2, 0) is 15.6 Å². The molecule has 0 spiro atoms. The number of rotatable bonds is 4. The van der Waals surface area contributed by atoms with Crippen molar-refractivity contribution < 1.29 is 13.2 Å². The minimum Gasteiger partial charge on any atom is -0.298 e. The van der Waals surface area contributed by atoms with Gasteiger partial charge in [0.25, 0.3) is 9.05 Å². The smallest absolute Gasteiger partial charge is 0.279 e. The molecule has 1 fully saturated rings. The maximum Gasteiger partial charge on any atom is 0.279 e. The number of hydrogen-bond acceptors (Lipinski definition) is 4. The Kier molecular flexibility index (Phi) is 3.03. The van der Waals surface area contributed by atoms with E-state index in [-0.39, 0.29) is 10.6 Å². The average Bonchev–Trinajstić information content (AvgIpc) is 2.53. The molecule has 88 valence electrons. The molecule has 1 aromatic heterocycles. The van der Waals surface area contributed by atoms with Crippen LogP contribution < -0.4 is 0 Å². The van der Waals surface area contributed by atoms with Gasteiger partial charge < -0.3 is 0 Å². The topological polar surface area (TPSA) is 69.0 Å². The normalized spacial score (nSPS) is 17.1. The summed E-state index contributed by atoms with van der Waals surface area (Å²) in [7, 11) is 1.36. The molecule has 0 atom stereocenters. The number of carbonyl (C=O) groups excluding carboxylic acids is 1. The fraction of sp³-hybridized carbons (Fsp3) is 0.556. The summed E-state index contributed by atoms with van der Waals surface area (Å²) in [6.07, 6.45) is 4.99. The van der Waals surface area contributed by atoms with Crippen LogP contribution in [0.5, 0.6) is 0 Å². The van der Waals surface area contributed by atoms with Gasteiger partial charge >= 0.3 is 0 Å². The van der Waals surface area contributed by atoms with Crippen LogP contribution in [-0.4, -0.2) is 24.5 Å². The van der Waals surface area contributed by atoms with E-state index in [1.54, 1.807) is 0 Å². The van der Waals surface area contributed by atoms with Crippen molar-refractivity contribution in [2.45, 2.75) is 30.8 Å². The molecule has 0 N–H and O–H groups in total. The lowest BCUT2D eigenvalue weighted by Gasteiger charge is -2.25. The van der Waals surface area contributed by atoms with Gasteiger partial charge in [-0.25, -0.2) is 8.42 Å². The number of carbonyl (C=O) groups is 1. The molecule has 0 amide bonds.